The van der Waals surface area contributed by atoms with Crippen molar-refractivity contribution < 1.29 is 106 Å². The molecule has 0 aromatic carbocycles. The first kappa shape index (κ1) is 69.1. The van der Waals surface area contributed by atoms with Gasteiger partial charge in [-0.25, -0.2) is 14.2 Å². The van der Waals surface area contributed by atoms with Crippen molar-refractivity contribution in [2.24, 2.45) is 40.6 Å². The maximum absolute atomic E-state index is 13.6. The maximum Gasteiger partial charge on any atom is 0.474 e. The number of nitrogens with one attached hydrogen (secondary N) is 2. The van der Waals surface area contributed by atoms with E-state index in [1.54, 1.807) is 0 Å². The van der Waals surface area contributed by atoms with Crippen LogP contribution >= 0.6 is 7.82 Å². The summed E-state index contributed by atoms with van der Waals surface area (Å²) in [4.78, 5) is 72.7. The Morgan fingerprint density at radius 3 is 1.81 bits per heavy atom. The van der Waals surface area contributed by atoms with E-state index in [0.717, 1.165) is 57.8 Å². The highest BCUT2D eigenvalue weighted by Crippen LogP contribution is 2.48. The molecule has 0 bridgehead atoms. The summed E-state index contributed by atoms with van der Waals surface area (Å²) >= 11 is 0. The summed E-state index contributed by atoms with van der Waals surface area (Å²) < 4.78 is 63.6. The molecule has 454 valence electrons. The van der Waals surface area contributed by atoms with Crippen LogP contribution in [0.5, 0.6) is 0 Å². The highest BCUT2D eigenvalue weighted by atomic mass is 31.2. The van der Waals surface area contributed by atoms with E-state index in [9.17, 15) is 64.1 Å². The summed E-state index contributed by atoms with van der Waals surface area (Å²) in [6, 6.07) is -3.24. The number of aliphatic hydroxyl groups excluding tert-OH is 5. The number of phosphoric acid groups is 1. The van der Waals surface area contributed by atoms with Gasteiger partial charge in [0.15, 0.2) is 43.3 Å². The third kappa shape index (κ3) is 22.6. The van der Waals surface area contributed by atoms with Crippen LogP contribution in [-0.2, 0) is 65.9 Å². The number of carbonyl (C=O) groups is 5. The number of phosphoric ester groups is 1. The van der Waals surface area contributed by atoms with E-state index in [0.29, 0.717) is 12.3 Å². The number of nitrogens with two attached hydrogens (primary N) is 2. The summed E-state index contributed by atoms with van der Waals surface area (Å²) in [6.07, 6.45) is -14.9. The molecule has 27 heteroatoms. The van der Waals surface area contributed by atoms with Gasteiger partial charge in [0.05, 0.1) is 19.3 Å². The number of aliphatic hydroxyl groups is 5. The van der Waals surface area contributed by atoms with Crippen LogP contribution in [0.15, 0.2) is 0 Å². The molecular weight excluding hydrogens is 1050 g/mol. The molecule has 0 saturated carbocycles. The average Bonchev–Trinajstić information content (AvgIpc) is 3.34. The highest BCUT2D eigenvalue weighted by Gasteiger charge is 2.57. The van der Waals surface area contributed by atoms with E-state index in [2.05, 4.69) is 52.2 Å². The van der Waals surface area contributed by atoms with E-state index in [1.807, 2.05) is 6.92 Å². The molecule has 13 N–H and O–H groups in total. The standard InChI is InChI=1S/C51H93N4O22P/c1-26(2)14-13-16-27(3)17-18-29(5)19-22-51(9,10)21-12-11-15-28(4)20-23-69-34(46(64)65)25-70-78(67,68)77-49-44(42(76-50(53)66)40(62)43(74-49)45(52)63)75-48-36(55-32(8)58)39(61)41(33(24-56)72-48)73-47-35(54-31(7)57)38(60)37(59)30(6)71-47/h26-30,33-44,47-49,56,59-62H,11-25H2,1-10H3,(H2,52,63)(H2,53,66)(H,54,57)(H,55,58)(H,64,65)(H,67,68)/t27?,28?,29?,30-,33-,34-,35-,36-,37-,38-,39-,40-,41-,42+,43+,44?,47+,48+,49-/m1/s1. The van der Waals surface area contributed by atoms with Crippen molar-refractivity contribution in [2.45, 2.75) is 244 Å². The van der Waals surface area contributed by atoms with E-state index in [4.69, 9.17) is 53.7 Å². The lowest BCUT2D eigenvalue weighted by Gasteiger charge is -2.49. The van der Waals surface area contributed by atoms with Gasteiger partial charge in [-0.2, -0.15) is 0 Å². The zero-order valence-corrected chi connectivity index (χ0v) is 47.9. The molecule has 3 aliphatic rings. The lowest BCUT2D eigenvalue weighted by Crippen LogP contribution is -2.70. The van der Waals surface area contributed by atoms with E-state index >= 15 is 0 Å². The summed E-state index contributed by atoms with van der Waals surface area (Å²) in [5.41, 5.74) is 10.9. The smallest absolute Gasteiger partial charge is 0.474 e. The van der Waals surface area contributed by atoms with E-state index in [1.165, 1.54) is 45.4 Å². The van der Waals surface area contributed by atoms with Crippen LogP contribution in [0.2, 0.25) is 0 Å². The molecule has 3 saturated heterocycles. The van der Waals surface area contributed by atoms with Gasteiger partial charge < -0.3 is 90.8 Å². The van der Waals surface area contributed by atoms with Gasteiger partial charge in [-0.3, -0.25) is 23.4 Å². The van der Waals surface area contributed by atoms with Gasteiger partial charge in [0.1, 0.15) is 48.7 Å². The molecule has 3 heterocycles. The molecule has 5 unspecified atom stereocenters. The Kier molecular flexibility index (Phi) is 28.7. The van der Waals surface area contributed by atoms with E-state index < -0.39 is 149 Å². The zero-order chi connectivity index (χ0) is 58.8. The first-order valence-electron chi connectivity index (χ1n) is 27.3. The fourth-order valence-electron chi connectivity index (χ4n) is 9.80. The molecule has 3 fully saturated rings. The number of carbonyl (C=O) groups excluding carboxylic acids is 4. The number of primary amides is 2. The van der Waals surface area contributed by atoms with Crippen molar-refractivity contribution in [3.05, 3.63) is 0 Å². The quantitative estimate of drug-likeness (QED) is 0.0325. The number of carboxylic acids is 1. The maximum atomic E-state index is 13.6. The molecule has 78 heavy (non-hydrogen) atoms. The van der Waals surface area contributed by atoms with Gasteiger partial charge in [0.25, 0.3) is 0 Å². The van der Waals surface area contributed by atoms with Crippen LogP contribution in [0, 0.1) is 29.1 Å². The summed E-state index contributed by atoms with van der Waals surface area (Å²) in [6.45, 7) is 17.3. The minimum absolute atomic E-state index is 0.0546. The van der Waals surface area contributed by atoms with Gasteiger partial charge in [-0.1, -0.05) is 106 Å². The first-order valence-corrected chi connectivity index (χ1v) is 28.8. The summed E-state index contributed by atoms with van der Waals surface area (Å²) in [5.74, 6) is -2.16. The van der Waals surface area contributed by atoms with Crippen LogP contribution in [0.3, 0.4) is 0 Å². The number of hydrogen-bond donors (Lipinski definition) is 11. The Morgan fingerprint density at radius 2 is 1.24 bits per heavy atom. The number of aliphatic carboxylic acids is 1. The molecule has 26 nitrogen and oxygen atoms in total. The van der Waals surface area contributed by atoms with E-state index in [-0.39, 0.29) is 17.9 Å². The third-order valence-corrected chi connectivity index (χ3v) is 15.6. The predicted octanol–water partition coefficient (Wildman–Crippen LogP) is 2.22. The SMILES string of the molecule is CC(=O)N[C@H]1[C@H](OC2[C@@H](OP(=O)(O)OC[C@@H](OCCC(C)CCCCC(C)(C)CCC(C)CCC(C)CCCC(C)C)C(=O)O)O[C@H](C(N)=O)[C@H](O)[C@@H]2OC(N)=O)O[C@H](CO)[C@@H](O[C@@H]2O[C@H](C)[C@@H](O)[C@H](O)[C@H]2NC(C)=O)[C@@H]1O. The normalized spacial score (nSPS) is 32.0. The van der Waals surface area contributed by atoms with Gasteiger partial charge >= 0.3 is 19.9 Å². The molecule has 0 radical (unpaired) electrons. The van der Waals surface area contributed by atoms with Gasteiger partial charge in [-0.15, -0.1) is 0 Å². The van der Waals surface area contributed by atoms with Crippen LogP contribution in [-0.4, -0.2) is 183 Å². The lowest BCUT2D eigenvalue weighted by molar-refractivity contribution is -0.356. The fraction of sp³-hybridized carbons (Fsp3) is 0.902. The minimum atomic E-state index is -5.58. The van der Waals surface area contributed by atoms with Gasteiger partial charge in [-0.05, 0) is 55.3 Å². The Bertz CT molecular complexity index is 1920. The topological polar surface area (TPSA) is 403 Å². The van der Waals surface area contributed by atoms with Crippen molar-refractivity contribution >= 4 is 37.6 Å². The summed E-state index contributed by atoms with van der Waals surface area (Å²) in [5, 5.41) is 69.5. The molecule has 20 atom stereocenters. The summed E-state index contributed by atoms with van der Waals surface area (Å²) in [7, 11) is -5.58. The number of amides is 4. The minimum Gasteiger partial charge on any atom is -0.479 e. The van der Waals surface area contributed by atoms with Crippen LogP contribution in [0.25, 0.3) is 0 Å². The molecule has 0 aromatic heterocycles. The van der Waals surface area contributed by atoms with Crippen molar-refractivity contribution in [1.29, 1.82) is 0 Å². The second-order valence-corrected chi connectivity index (χ2v) is 24.2. The Balaban J connectivity index is 1.69. The monoisotopic (exact) mass is 1140 g/mol. The van der Waals surface area contributed by atoms with Crippen LogP contribution < -0.4 is 22.1 Å². The van der Waals surface area contributed by atoms with Gasteiger partial charge in [0, 0.05) is 20.5 Å². The average molecular weight is 1150 g/mol. The van der Waals surface area contributed by atoms with Crippen LogP contribution in [0.1, 0.15) is 146 Å². The molecule has 0 aliphatic carbocycles. The Hall–Kier alpha value is -3.18. The van der Waals surface area contributed by atoms with Gasteiger partial charge in [0.2, 0.25) is 17.7 Å². The van der Waals surface area contributed by atoms with Crippen molar-refractivity contribution in [3.8, 4) is 0 Å². The van der Waals surface area contributed by atoms with Crippen LogP contribution in [0.4, 0.5) is 4.79 Å². The van der Waals surface area contributed by atoms with Crippen molar-refractivity contribution in [1.82, 2.24) is 10.6 Å². The number of rotatable bonds is 34. The highest BCUT2D eigenvalue weighted by molar-refractivity contribution is 7.47. The first-order chi connectivity index (χ1) is 36.4. The largest absolute Gasteiger partial charge is 0.479 e. The number of unbranched alkanes of at least 4 members (excludes halogenated alkanes) is 1. The number of ether oxygens (including phenoxy) is 7. The number of carboxylic acid groups (broad SMARTS) is 1. The molecule has 0 aromatic rings. The number of hydrogen-bond acceptors (Lipinski definition) is 20. The second-order valence-electron chi connectivity index (χ2n) is 22.8. The Morgan fingerprint density at radius 1 is 0.679 bits per heavy atom. The molecule has 4 amide bonds. The van der Waals surface area contributed by atoms with Crippen molar-refractivity contribution in [2.75, 3.05) is 19.8 Å². The second kappa shape index (κ2) is 32.5. The zero-order valence-electron chi connectivity index (χ0n) is 47.0. The van der Waals surface area contributed by atoms with Crippen molar-refractivity contribution in [3.63, 3.8) is 0 Å². The lowest BCUT2D eigenvalue weighted by atomic mass is 9.79. The Labute approximate surface area is 458 Å². The third-order valence-electron chi connectivity index (χ3n) is 14.6. The molecule has 3 aliphatic heterocycles. The molecule has 3 rings (SSSR count). The fourth-order valence-corrected chi connectivity index (χ4v) is 10.6. The molecule has 0 spiro atoms. The predicted molar refractivity (Wildman–Crippen MR) is 277 cm³/mol. The molecular formula is C51H93N4O22P.